The monoisotopic (exact) mass is 236 g/mol. The molecule has 0 bridgehead atoms. The molecule has 1 aliphatic rings. The number of anilines is 1. The van der Waals surface area contributed by atoms with Crippen LogP contribution in [0.4, 0.5) is 10.5 Å². The summed E-state index contributed by atoms with van der Waals surface area (Å²) in [5, 5.41) is 10.2. The van der Waals surface area contributed by atoms with Crippen LogP contribution in [0.15, 0.2) is 24.3 Å². The molecule has 0 atom stereocenters. The minimum Gasteiger partial charge on any atom is -0.545 e. The number of thioether (sulfide) groups is 1. The van der Waals surface area contributed by atoms with Gasteiger partial charge in [0.2, 0.25) is 5.91 Å². The number of rotatable bonds is 2. The van der Waals surface area contributed by atoms with Crippen molar-refractivity contribution in [1.82, 2.24) is 0 Å². The lowest BCUT2D eigenvalue weighted by Gasteiger charge is -2.14. The lowest BCUT2D eigenvalue weighted by atomic mass is 10.2. The van der Waals surface area contributed by atoms with E-state index in [1.165, 1.54) is 24.3 Å². The minimum atomic E-state index is -1.34. The van der Waals surface area contributed by atoms with E-state index in [9.17, 15) is 19.5 Å². The molecule has 1 aliphatic heterocycles. The van der Waals surface area contributed by atoms with Crippen LogP contribution in [0.1, 0.15) is 10.4 Å². The minimum absolute atomic E-state index is 0.0602. The van der Waals surface area contributed by atoms with Crippen molar-refractivity contribution in [1.29, 1.82) is 0 Å². The average Bonchev–Trinajstić information content (AvgIpc) is 2.59. The normalized spacial score (nSPS) is 15.6. The number of nitrogens with zero attached hydrogens (tertiary/aromatic N) is 1. The van der Waals surface area contributed by atoms with Crippen molar-refractivity contribution in [2.75, 3.05) is 10.7 Å². The zero-order valence-electron chi connectivity index (χ0n) is 8.00. The summed E-state index contributed by atoms with van der Waals surface area (Å²) in [5.41, 5.74) is 0.205. The number of benzene rings is 1. The number of carbonyl (C=O) groups is 3. The number of carboxylic acids is 1. The van der Waals surface area contributed by atoms with Gasteiger partial charge < -0.3 is 9.90 Å². The molecule has 1 aromatic carbocycles. The molecule has 0 N–H and O–H groups in total. The Bertz CT molecular complexity index is 469. The SMILES string of the molecule is O=C([O-])c1cccc(N2C(=O)CSC2=O)c1. The maximum Gasteiger partial charge on any atom is 0.293 e. The Morgan fingerprint density at radius 3 is 2.69 bits per heavy atom. The number of hydrogen-bond donors (Lipinski definition) is 0. The molecule has 82 valence electrons. The van der Waals surface area contributed by atoms with Gasteiger partial charge in [0, 0.05) is 0 Å². The first-order valence-electron chi connectivity index (χ1n) is 4.41. The molecule has 0 saturated carbocycles. The fraction of sp³-hybridized carbons (Fsp3) is 0.100. The highest BCUT2D eigenvalue weighted by Crippen LogP contribution is 2.26. The molecule has 1 saturated heterocycles. The predicted octanol–water partition coefficient (Wildman–Crippen LogP) is 0.250. The van der Waals surface area contributed by atoms with Gasteiger partial charge in [-0.15, -0.1) is 0 Å². The van der Waals surface area contributed by atoms with Crippen molar-refractivity contribution >= 4 is 34.6 Å². The van der Waals surface area contributed by atoms with E-state index >= 15 is 0 Å². The van der Waals surface area contributed by atoms with Gasteiger partial charge in [-0.05, 0) is 17.7 Å². The standard InChI is InChI=1S/C10H7NO4S/c12-8-5-16-10(15)11(8)7-3-1-2-6(4-7)9(13)14/h1-4H,5H2,(H,13,14)/p-1. The molecular weight excluding hydrogens is 230 g/mol. The molecule has 1 heterocycles. The lowest BCUT2D eigenvalue weighted by molar-refractivity contribution is -0.255. The molecule has 6 heteroatoms. The lowest BCUT2D eigenvalue weighted by Crippen LogP contribution is -2.29. The molecule has 0 aliphatic carbocycles. The average molecular weight is 236 g/mol. The highest BCUT2D eigenvalue weighted by Gasteiger charge is 2.31. The van der Waals surface area contributed by atoms with Gasteiger partial charge >= 0.3 is 0 Å². The fourth-order valence-electron chi connectivity index (χ4n) is 1.38. The van der Waals surface area contributed by atoms with Crippen molar-refractivity contribution < 1.29 is 19.5 Å². The maximum absolute atomic E-state index is 11.4. The zero-order valence-corrected chi connectivity index (χ0v) is 8.82. The van der Waals surface area contributed by atoms with Crippen LogP contribution in [0.5, 0.6) is 0 Å². The Kier molecular flexibility index (Phi) is 2.66. The van der Waals surface area contributed by atoms with E-state index in [-0.39, 0.29) is 28.2 Å². The van der Waals surface area contributed by atoms with E-state index < -0.39 is 5.97 Å². The van der Waals surface area contributed by atoms with Crippen molar-refractivity contribution in [3.63, 3.8) is 0 Å². The van der Waals surface area contributed by atoms with Gasteiger partial charge in [-0.3, -0.25) is 9.59 Å². The van der Waals surface area contributed by atoms with Crippen LogP contribution in [-0.4, -0.2) is 22.9 Å². The quantitative estimate of drug-likeness (QED) is 0.735. The summed E-state index contributed by atoms with van der Waals surface area (Å²) >= 11 is 0.897. The van der Waals surface area contributed by atoms with Crippen molar-refractivity contribution in [3.8, 4) is 0 Å². The Morgan fingerprint density at radius 2 is 2.12 bits per heavy atom. The number of imide groups is 1. The number of carboxylic acid groups (broad SMARTS) is 1. The number of amides is 2. The first kappa shape index (κ1) is 10.7. The summed E-state index contributed by atoms with van der Waals surface area (Å²) in [5.74, 6) is -1.59. The van der Waals surface area contributed by atoms with Crippen molar-refractivity contribution in [3.05, 3.63) is 29.8 Å². The molecule has 2 amide bonds. The van der Waals surface area contributed by atoms with Crippen LogP contribution < -0.4 is 10.0 Å². The van der Waals surface area contributed by atoms with Gasteiger partial charge in [-0.2, -0.15) is 0 Å². The number of aromatic carboxylic acids is 1. The second-order valence-corrected chi connectivity index (χ2v) is 4.05. The highest BCUT2D eigenvalue weighted by molar-refractivity contribution is 8.15. The Morgan fingerprint density at radius 1 is 1.38 bits per heavy atom. The molecule has 0 radical (unpaired) electrons. The van der Waals surface area contributed by atoms with E-state index in [1.807, 2.05) is 0 Å². The number of hydrogen-bond acceptors (Lipinski definition) is 5. The van der Waals surface area contributed by atoms with E-state index in [1.54, 1.807) is 0 Å². The van der Waals surface area contributed by atoms with Crippen LogP contribution in [0.25, 0.3) is 0 Å². The van der Waals surface area contributed by atoms with Crippen LogP contribution in [0, 0.1) is 0 Å². The first-order valence-corrected chi connectivity index (χ1v) is 5.39. The van der Waals surface area contributed by atoms with Crippen molar-refractivity contribution in [2.24, 2.45) is 0 Å². The van der Waals surface area contributed by atoms with Crippen molar-refractivity contribution in [2.45, 2.75) is 0 Å². The summed E-state index contributed by atoms with van der Waals surface area (Å²) in [6, 6.07) is 5.56. The van der Waals surface area contributed by atoms with E-state index in [0.29, 0.717) is 0 Å². The molecule has 16 heavy (non-hydrogen) atoms. The Labute approximate surface area is 95.0 Å². The Balaban J connectivity index is 2.40. The highest BCUT2D eigenvalue weighted by atomic mass is 32.2. The van der Waals surface area contributed by atoms with Gasteiger partial charge in [0.1, 0.15) is 0 Å². The Hall–Kier alpha value is -1.82. The van der Waals surface area contributed by atoms with Crippen LogP contribution >= 0.6 is 11.8 Å². The smallest absolute Gasteiger partial charge is 0.293 e. The van der Waals surface area contributed by atoms with E-state index in [2.05, 4.69) is 0 Å². The molecule has 0 unspecified atom stereocenters. The predicted molar refractivity (Wildman–Crippen MR) is 56.1 cm³/mol. The summed E-state index contributed by atoms with van der Waals surface area (Å²) < 4.78 is 0. The van der Waals surface area contributed by atoms with Gasteiger partial charge in [0.15, 0.2) is 0 Å². The van der Waals surface area contributed by atoms with E-state index in [4.69, 9.17) is 0 Å². The third-order valence-corrected chi connectivity index (χ3v) is 2.91. The molecule has 1 fully saturated rings. The van der Waals surface area contributed by atoms with Crippen LogP contribution in [0.3, 0.4) is 0 Å². The molecule has 2 rings (SSSR count). The topological polar surface area (TPSA) is 77.5 Å². The summed E-state index contributed by atoms with van der Waals surface area (Å²) in [6.07, 6.45) is 0. The zero-order chi connectivity index (χ0) is 11.7. The summed E-state index contributed by atoms with van der Waals surface area (Å²) in [7, 11) is 0. The fourth-order valence-corrected chi connectivity index (χ4v) is 2.09. The first-order chi connectivity index (χ1) is 7.59. The third-order valence-electron chi connectivity index (χ3n) is 2.09. The third kappa shape index (κ3) is 1.79. The maximum atomic E-state index is 11.4. The molecule has 1 aromatic rings. The molecule has 0 spiro atoms. The summed E-state index contributed by atoms with van der Waals surface area (Å²) in [6.45, 7) is 0. The number of carbonyl (C=O) groups excluding carboxylic acids is 3. The molecule has 0 aromatic heterocycles. The van der Waals surface area contributed by atoms with E-state index in [0.717, 1.165) is 16.7 Å². The van der Waals surface area contributed by atoms with Crippen LogP contribution in [0.2, 0.25) is 0 Å². The van der Waals surface area contributed by atoms with Gasteiger partial charge in [0.05, 0.1) is 17.4 Å². The van der Waals surface area contributed by atoms with Gasteiger partial charge in [-0.25, -0.2) is 4.90 Å². The summed E-state index contributed by atoms with van der Waals surface area (Å²) in [4.78, 5) is 34.4. The second kappa shape index (κ2) is 3.97. The van der Waals surface area contributed by atoms with Crippen LogP contribution in [-0.2, 0) is 4.79 Å². The molecular formula is C10H6NO4S-. The largest absolute Gasteiger partial charge is 0.545 e. The molecule has 5 nitrogen and oxygen atoms in total. The second-order valence-electron chi connectivity index (χ2n) is 3.12. The van der Waals surface area contributed by atoms with Gasteiger partial charge in [0.25, 0.3) is 5.24 Å². The van der Waals surface area contributed by atoms with Gasteiger partial charge in [-0.1, -0.05) is 23.9 Å².